The van der Waals surface area contributed by atoms with Crippen molar-refractivity contribution >= 4 is 15.7 Å². The zero-order valence-corrected chi connectivity index (χ0v) is 16.8. The number of benzene rings is 1. The highest BCUT2D eigenvalue weighted by atomic mass is 32.2. The van der Waals surface area contributed by atoms with Crippen molar-refractivity contribution in [1.82, 2.24) is 9.80 Å². The largest absolute Gasteiger partial charge is 0.493 e. The van der Waals surface area contributed by atoms with E-state index < -0.39 is 9.84 Å². The molecule has 0 spiro atoms. The SMILES string of the molecule is COc1ccc(CN2CCN(C(=O)C[C@H]3CCS(=O)(=O)C3)CC2)cc1OC. The summed E-state index contributed by atoms with van der Waals surface area (Å²) in [4.78, 5) is 16.6. The molecule has 1 amide bonds. The summed E-state index contributed by atoms with van der Waals surface area (Å²) in [5.74, 6) is 1.90. The van der Waals surface area contributed by atoms with E-state index in [1.54, 1.807) is 14.2 Å². The summed E-state index contributed by atoms with van der Waals surface area (Å²) in [7, 11) is 0.322. The minimum Gasteiger partial charge on any atom is -0.493 e. The maximum Gasteiger partial charge on any atom is 0.222 e. The van der Waals surface area contributed by atoms with Crippen LogP contribution in [0.3, 0.4) is 0 Å². The number of hydrogen-bond donors (Lipinski definition) is 0. The Morgan fingerprint density at radius 2 is 1.81 bits per heavy atom. The van der Waals surface area contributed by atoms with Crippen LogP contribution in [0, 0.1) is 5.92 Å². The Morgan fingerprint density at radius 3 is 2.41 bits per heavy atom. The fraction of sp³-hybridized carbons (Fsp3) is 0.632. The van der Waals surface area contributed by atoms with Crippen molar-refractivity contribution in [3.63, 3.8) is 0 Å². The predicted molar refractivity (Wildman–Crippen MR) is 103 cm³/mol. The Balaban J connectivity index is 1.48. The van der Waals surface area contributed by atoms with Gasteiger partial charge in [-0.25, -0.2) is 8.42 Å². The van der Waals surface area contributed by atoms with Gasteiger partial charge in [-0.05, 0) is 30.0 Å². The van der Waals surface area contributed by atoms with E-state index in [-0.39, 0.29) is 23.3 Å². The quantitative estimate of drug-likeness (QED) is 0.719. The number of sulfone groups is 1. The van der Waals surface area contributed by atoms with Gasteiger partial charge in [0.05, 0.1) is 25.7 Å². The van der Waals surface area contributed by atoms with E-state index in [0.717, 1.165) is 30.9 Å². The molecule has 0 N–H and O–H groups in total. The molecule has 8 heteroatoms. The van der Waals surface area contributed by atoms with Crippen molar-refractivity contribution < 1.29 is 22.7 Å². The molecule has 2 fully saturated rings. The van der Waals surface area contributed by atoms with E-state index >= 15 is 0 Å². The lowest BCUT2D eigenvalue weighted by Crippen LogP contribution is -2.48. The summed E-state index contributed by atoms with van der Waals surface area (Å²) >= 11 is 0. The van der Waals surface area contributed by atoms with Crippen LogP contribution in [0.2, 0.25) is 0 Å². The average Bonchev–Trinajstić information content (AvgIpc) is 3.00. The van der Waals surface area contributed by atoms with Crippen LogP contribution >= 0.6 is 0 Å². The first kappa shape index (κ1) is 19.9. The first-order valence-electron chi connectivity index (χ1n) is 9.31. The van der Waals surface area contributed by atoms with Crippen LogP contribution in [-0.4, -0.2) is 76.0 Å². The second-order valence-corrected chi connectivity index (χ2v) is 9.55. The fourth-order valence-electron chi connectivity index (χ4n) is 3.80. The van der Waals surface area contributed by atoms with Crippen molar-refractivity contribution in [2.45, 2.75) is 19.4 Å². The van der Waals surface area contributed by atoms with Crippen molar-refractivity contribution in [2.75, 3.05) is 51.9 Å². The van der Waals surface area contributed by atoms with Crippen LogP contribution < -0.4 is 9.47 Å². The summed E-state index contributed by atoms with van der Waals surface area (Å²) in [5.41, 5.74) is 1.14. The van der Waals surface area contributed by atoms with Crippen LogP contribution in [-0.2, 0) is 21.2 Å². The van der Waals surface area contributed by atoms with Crippen molar-refractivity contribution in [1.29, 1.82) is 0 Å². The highest BCUT2D eigenvalue weighted by molar-refractivity contribution is 7.91. The van der Waals surface area contributed by atoms with Gasteiger partial charge in [0.1, 0.15) is 0 Å². The molecule has 0 bridgehead atoms. The summed E-state index contributed by atoms with van der Waals surface area (Å²) in [6, 6.07) is 5.92. The molecule has 2 heterocycles. The number of ether oxygens (including phenoxy) is 2. The zero-order valence-electron chi connectivity index (χ0n) is 16.0. The molecule has 27 heavy (non-hydrogen) atoms. The lowest BCUT2D eigenvalue weighted by molar-refractivity contribution is -0.133. The molecule has 1 atom stereocenters. The van der Waals surface area contributed by atoms with Gasteiger partial charge in [-0.15, -0.1) is 0 Å². The highest BCUT2D eigenvalue weighted by Crippen LogP contribution is 2.28. The van der Waals surface area contributed by atoms with E-state index in [0.29, 0.717) is 31.7 Å². The van der Waals surface area contributed by atoms with E-state index in [1.807, 2.05) is 23.1 Å². The molecule has 0 radical (unpaired) electrons. The molecule has 0 aromatic heterocycles. The van der Waals surface area contributed by atoms with E-state index in [4.69, 9.17) is 9.47 Å². The van der Waals surface area contributed by atoms with E-state index in [2.05, 4.69) is 4.90 Å². The molecular formula is C19H28N2O5S. The summed E-state index contributed by atoms with van der Waals surface area (Å²) in [6.45, 7) is 3.78. The highest BCUT2D eigenvalue weighted by Gasteiger charge is 2.31. The molecule has 2 saturated heterocycles. The third-order valence-electron chi connectivity index (χ3n) is 5.37. The molecular weight excluding hydrogens is 368 g/mol. The third-order valence-corrected chi connectivity index (χ3v) is 7.21. The maximum absolute atomic E-state index is 12.5. The second-order valence-electron chi connectivity index (χ2n) is 7.32. The predicted octanol–water partition coefficient (Wildman–Crippen LogP) is 1.17. The number of nitrogens with zero attached hydrogens (tertiary/aromatic N) is 2. The Labute approximate surface area is 161 Å². The molecule has 0 aliphatic carbocycles. The molecule has 2 aliphatic rings. The fourth-order valence-corrected chi connectivity index (χ4v) is 5.66. The van der Waals surface area contributed by atoms with Gasteiger partial charge in [0.2, 0.25) is 5.91 Å². The van der Waals surface area contributed by atoms with E-state index in [1.165, 1.54) is 0 Å². The van der Waals surface area contributed by atoms with Crippen LogP contribution in [0.5, 0.6) is 11.5 Å². The lowest BCUT2D eigenvalue weighted by atomic mass is 10.0. The Kier molecular flexibility index (Phi) is 6.26. The van der Waals surface area contributed by atoms with E-state index in [9.17, 15) is 13.2 Å². The van der Waals surface area contributed by atoms with Gasteiger partial charge in [-0.1, -0.05) is 6.07 Å². The van der Waals surface area contributed by atoms with Crippen LogP contribution in [0.25, 0.3) is 0 Å². The van der Waals surface area contributed by atoms with Crippen LogP contribution in [0.1, 0.15) is 18.4 Å². The number of rotatable bonds is 6. The van der Waals surface area contributed by atoms with Crippen molar-refractivity contribution in [3.05, 3.63) is 23.8 Å². The van der Waals surface area contributed by atoms with Crippen molar-refractivity contribution in [2.24, 2.45) is 5.92 Å². The molecule has 1 aromatic carbocycles. The number of carbonyl (C=O) groups is 1. The molecule has 3 rings (SSSR count). The first-order valence-corrected chi connectivity index (χ1v) is 11.1. The first-order chi connectivity index (χ1) is 12.9. The number of methoxy groups -OCH3 is 2. The minimum atomic E-state index is -2.92. The summed E-state index contributed by atoms with van der Waals surface area (Å²) in [5, 5.41) is 0. The normalized spacial score (nSPS) is 22.6. The smallest absolute Gasteiger partial charge is 0.222 e. The molecule has 7 nitrogen and oxygen atoms in total. The van der Waals surface area contributed by atoms with Gasteiger partial charge >= 0.3 is 0 Å². The second kappa shape index (κ2) is 8.48. The van der Waals surface area contributed by atoms with Crippen LogP contribution in [0.4, 0.5) is 0 Å². The molecule has 0 saturated carbocycles. The number of carbonyl (C=O) groups excluding carboxylic acids is 1. The number of hydrogen-bond acceptors (Lipinski definition) is 6. The van der Waals surface area contributed by atoms with Gasteiger partial charge in [-0.3, -0.25) is 9.69 Å². The van der Waals surface area contributed by atoms with Gasteiger partial charge in [0.15, 0.2) is 21.3 Å². The van der Waals surface area contributed by atoms with Gasteiger partial charge in [-0.2, -0.15) is 0 Å². The standard InChI is InChI=1S/C19H28N2O5S/c1-25-17-4-3-15(11-18(17)26-2)13-20-6-8-21(9-7-20)19(22)12-16-5-10-27(23,24)14-16/h3-4,11,16H,5-10,12-14H2,1-2H3/t16-/m1/s1. The molecule has 2 aliphatic heterocycles. The van der Waals surface area contributed by atoms with Gasteiger partial charge < -0.3 is 14.4 Å². The third kappa shape index (κ3) is 5.13. The monoisotopic (exact) mass is 396 g/mol. The van der Waals surface area contributed by atoms with Gasteiger partial charge in [0.25, 0.3) is 0 Å². The molecule has 150 valence electrons. The molecule has 0 unspecified atom stereocenters. The van der Waals surface area contributed by atoms with Gasteiger partial charge in [0, 0.05) is 39.1 Å². The maximum atomic E-state index is 12.5. The lowest BCUT2D eigenvalue weighted by Gasteiger charge is -2.35. The zero-order chi connectivity index (χ0) is 19.4. The summed E-state index contributed by atoms with van der Waals surface area (Å²) in [6.07, 6.45) is 0.974. The molecule has 1 aromatic rings. The topological polar surface area (TPSA) is 76.2 Å². The summed E-state index contributed by atoms with van der Waals surface area (Å²) < 4.78 is 33.7. The van der Waals surface area contributed by atoms with Crippen LogP contribution in [0.15, 0.2) is 18.2 Å². The minimum absolute atomic E-state index is 0.00714. The average molecular weight is 397 g/mol. The Morgan fingerprint density at radius 1 is 1.11 bits per heavy atom. The Hall–Kier alpha value is -1.80. The van der Waals surface area contributed by atoms with Crippen molar-refractivity contribution in [3.8, 4) is 11.5 Å². The number of piperazine rings is 1. The Bertz CT molecular complexity index is 772. The number of amides is 1.